The molecule has 0 spiro atoms. The summed E-state index contributed by atoms with van der Waals surface area (Å²) >= 11 is 0. The molecule has 4 nitrogen and oxygen atoms in total. The molecule has 4 heteroatoms. The van der Waals surface area contributed by atoms with Crippen LogP contribution in [0.1, 0.15) is 29.8 Å². The Balaban J connectivity index is 1.69. The van der Waals surface area contributed by atoms with Crippen molar-refractivity contribution in [2.75, 3.05) is 17.2 Å². The third-order valence-electron chi connectivity index (χ3n) is 4.21. The molecule has 28 heavy (non-hydrogen) atoms. The van der Waals surface area contributed by atoms with E-state index in [9.17, 15) is 4.79 Å². The highest BCUT2D eigenvalue weighted by atomic mass is 16.5. The van der Waals surface area contributed by atoms with Gasteiger partial charge >= 0.3 is 0 Å². The topological polar surface area (TPSA) is 50.4 Å². The van der Waals surface area contributed by atoms with Crippen molar-refractivity contribution in [1.29, 1.82) is 0 Å². The van der Waals surface area contributed by atoms with Gasteiger partial charge in [-0.25, -0.2) is 0 Å². The molecule has 144 valence electrons. The summed E-state index contributed by atoms with van der Waals surface area (Å²) in [7, 11) is 0. The van der Waals surface area contributed by atoms with Gasteiger partial charge in [0.25, 0.3) is 5.91 Å². The zero-order valence-corrected chi connectivity index (χ0v) is 16.5. The average molecular weight is 374 g/mol. The molecular formula is C24H26N2O2. The molecule has 0 aliphatic heterocycles. The molecule has 0 unspecified atom stereocenters. The zero-order valence-electron chi connectivity index (χ0n) is 16.5. The average Bonchev–Trinajstić information content (AvgIpc) is 2.70. The lowest BCUT2D eigenvalue weighted by atomic mass is 10.1. The van der Waals surface area contributed by atoms with Crippen LogP contribution < -0.4 is 15.4 Å². The normalized spacial score (nSPS) is 10.6. The van der Waals surface area contributed by atoms with Crippen LogP contribution in [0.5, 0.6) is 5.75 Å². The number of para-hydroxylation sites is 2. The summed E-state index contributed by atoms with van der Waals surface area (Å²) in [6.07, 6.45) is 0. The number of carbonyl (C=O) groups excluding carboxylic acids is 1. The van der Waals surface area contributed by atoms with E-state index in [4.69, 9.17) is 4.74 Å². The van der Waals surface area contributed by atoms with E-state index in [1.54, 1.807) is 12.1 Å². The number of ether oxygens (including phenoxy) is 1. The minimum absolute atomic E-state index is 0.159. The summed E-state index contributed by atoms with van der Waals surface area (Å²) in [6.45, 7) is 6.91. The van der Waals surface area contributed by atoms with Gasteiger partial charge in [-0.05, 0) is 61.4 Å². The van der Waals surface area contributed by atoms with Crippen LogP contribution >= 0.6 is 0 Å². The fraction of sp³-hybridized carbons (Fsp3) is 0.208. The Morgan fingerprint density at radius 2 is 1.54 bits per heavy atom. The molecule has 0 bridgehead atoms. The van der Waals surface area contributed by atoms with Gasteiger partial charge in [0.05, 0.1) is 18.0 Å². The van der Waals surface area contributed by atoms with Crippen LogP contribution in [0.25, 0.3) is 0 Å². The lowest BCUT2D eigenvalue weighted by Crippen LogP contribution is -2.13. The molecule has 3 aromatic carbocycles. The summed E-state index contributed by atoms with van der Waals surface area (Å²) in [6, 6.07) is 23.0. The number of carbonyl (C=O) groups is 1. The van der Waals surface area contributed by atoms with Crippen LogP contribution in [0.3, 0.4) is 0 Å². The van der Waals surface area contributed by atoms with Crippen LogP contribution in [0, 0.1) is 12.8 Å². The van der Waals surface area contributed by atoms with Crippen LogP contribution in [-0.2, 0) is 0 Å². The lowest BCUT2D eigenvalue weighted by Gasteiger charge is -2.14. The number of rotatable bonds is 7. The number of nitrogens with one attached hydrogen (secondary N) is 2. The summed E-state index contributed by atoms with van der Waals surface area (Å²) in [5, 5.41) is 6.34. The first-order chi connectivity index (χ1) is 13.5. The van der Waals surface area contributed by atoms with E-state index < -0.39 is 0 Å². The van der Waals surface area contributed by atoms with Crippen LogP contribution in [0.4, 0.5) is 17.1 Å². The summed E-state index contributed by atoms with van der Waals surface area (Å²) in [5.74, 6) is 1.07. The minimum Gasteiger partial charge on any atom is -0.493 e. The first-order valence-electron chi connectivity index (χ1n) is 9.48. The summed E-state index contributed by atoms with van der Waals surface area (Å²) < 4.78 is 5.67. The van der Waals surface area contributed by atoms with Crippen LogP contribution in [-0.4, -0.2) is 12.5 Å². The summed E-state index contributed by atoms with van der Waals surface area (Å²) in [5.41, 5.74) is 4.33. The van der Waals surface area contributed by atoms with E-state index in [-0.39, 0.29) is 5.91 Å². The highest BCUT2D eigenvalue weighted by Gasteiger charge is 2.10. The summed E-state index contributed by atoms with van der Waals surface area (Å²) in [4.78, 5) is 12.7. The fourth-order valence-corrected chi connectivity index (χ4v) is 2.65. The molecule has 0 saturated heterocycles. The Morgan fingerprint density at radius 1 is 0.893 bits per heavy atom. The van der Waals surface area contributed by atoms with Crippen LogP contribution in [0.2, 0.25) is 0 Å². The second kappa shape index (κ2) is 9.09. The molecule has 1 amide bonds. The molecule has 0 aliphatic carbocycles. The molecular weight excluding hydrogens is 348 g/mol. The van der Waals surface area contributed by atoms with Crippen molar-refractivity contribution in [1.82, 2.24) is 0 Å². The van der Waals surface area contributed by atoms with Crippen molar-refractivity contribution in [3.8, 4) is 5.75 Å². The molecule has 0 aliphatic rings. The van der Waals surface area contributed by atoms with Gasteiger partial charge in [-0.1, -0.05) is 43.7 Å². The first kappa shape index (κ1) is 19.5. The molecule has 2 N–H and O–H groups in total. The van der Waals surface area contributed by atoms with Crippen molar-refractivity contribution in [2.45, 2.75) is 20.8 Å². The standard InChI is InChI=1S/C24H26N2O2/c1-17(2)16-28-21-14-10-19(11-15-21)24(27)26-23-7-5-4-6-22(23)25-20-12-8-18(3)9-13-20/h4-15,17,25H,16H2,1-3H3,(H,26,27). The third-order valence-corrected chi connectivity index (χ3v) is 4.21. The number of aryl methyl sites for hydroxylation is 1. The van der Waals surface area contributed by atoms with Crippen molar-refractivity contribution < 1.29 is 9.53 Å². The Kier molecular flexibility index (Phi) is 6.33. The second-order valence-electron chi connectivity index (χ2n) is 7.22. The van der Waals surface area contributed by atoms with Gasteiger partial charge < -0.3 is 15.4 Å². The van der Waals surface area contributed by atoms with Crippen molar-refractivity contribution in [3.05, 3.63) is 83.9 Å². The van der Waals surface area contributed by atoms with Gasteiger partial charge in [0.1, 0.15) is 5.75 Å². The predicted octanol–water partition coefficient (Wildman–Crippen LogP) is 6.03. The molecule has 0 heterocycles. The van der Waals surface area contributed by atoms with E-state index in [1.807, 2.05) is 60.7 Å². The van der Waals surface area contributed by atoms with E-state index in [0.717, 1.165) is 22.8 Å². The monoisotopic (exact) mass is 374 g/mol. The van der Waals surface area contributed by atoms with Crippen molar-refractivity contribution in [3.63, 3.8) is 0 Å². The maximum Gasteiger partial charge on any atom is 0.255 e. The Labute approximate surface area is 166 Å². The second-order valence-corrected chi connectivity index (χ2v) is 7.22. The Morgan fingerprint density at radius 3 is 2.18 bits per heavy atom. The van der Waals surface area contributed by atoms with E-state index in [2.05, 4.69) is 31.4 Å². The van der Waals surface area contributed by atoms with Gasteiger partial charge in [-0.2, -0.15) is 0 Å². The van der Waals surface area contributed by atoms with E-state index >= 15 is 0 Å². The molecule has 0 atom stereocenters. The maximum absolute atomic E-state index is 12.7. The fourth-order valence-electron chi connectivity index (χ4n) is 2.65. The van der Waals surface area contributed by atoms with Gasteiger partial charge in [0, 0.05) is 11.3 Å². The quantitative estimate of drug-likeness (QED) is 0.531. The highest BCUT2D eigenvalue weighted by molar-refractivity contribution is 6.06. The van der Waals surface area contributed by atoms with Gasteiger partial charge in [-0.3, -0.25) is 4.79 Å². The third kappa shape index (κ3) is 5.36. The Hall–Kier alpha value is -3.27. The van der Waals surface area contributed by atoms with E-state index in [0.29, 0.717) is 18.1 Å². The smallest absolute Gasteiger partial charge is 0.255 e. The number of amides is 1. The number of hydrogen-bond donors (Lipinski definition) is 2. The van der Waals surface area contributed by atoms with Crippen LogP contribution in [0.15, 0.2) is 72.8 Å². The molecule has 0 aromatic heterocycles. The number of hydrogen-bond acceptors (Lipinski definition) is 3. The maximum atomic E-state index is 12.7. The van der Waals surface area contributed by atoms with Gasteiger partial charge in [0.2, 0.25) is 0 Å². The SMILES string of the molecule is Cc1ccc(Nc2ccccc2NC(=O)c2ccc(OCC(C)C)cc2)cc1. The Bertz CT molecular complexity index is 916. The van der Waals surface area contributed by atoms with Crippen molar-refractivity contribution in [2.24, 2.45) is 5.92 Å². The van der Waals surface area contributed by atoms with Gasteiger partial charge in [-0.15, -0.1) is 0 Å². The predicted molar refractivity (Wildman–Crippen MR) is 116 cm³/mol. The first-order valence-corrected chi connectivity index (χ1v) is 9.48. The largest absolute Gasteiger partial charge is 0.493 e. The minimum atomic E-state index is -0.159. The van der Waals surface area contributed by atoms with Crippen molar-refractivity contribution >= 4 is 23.0 Å². The van der Waals surface area contributed by atoms with Gasteiger partial charge in [0.15, 0.2) is 0 Å². The molecule has 3 aromatic rings. The molecule has 0 fully saturated rings. The molecule has 3 rings (SSSR count). The zero-order chi connectivity index (χ0) is 19.9. The number of anilines is 3. The molecule has 0 saturated carbocycles. The molecule has 0 radical (unpaired) electrons. The highest BCUT2D eigenvalue weighted by Crippen LogP contribution is 2.26. The van der Waals surface area contributed by atoms with E-state index in [1.165, 1.54) is 5.56 Å². The number of benzene rings is 3. The lowest BCUT2D eigenvalue weighted by molar-refractivity contribution is 0.102.